The molecule has 1 unspecified atom stereocenters. The van der Waals surface area contributed by atoms with Crippen molar-refractivity contribution in [3.63, 3.8) is 0 Å². The highest BCUT2D eigenvalue weighted by atomic mass is 16.2. The number of pyridine rings is 1. The number of aryl methyl sites for hydroxylation is 1. The predicted molar refractivity (Wildman–Crippen MR) is 78.5 cm³/mol. The van der Waals surface area contributed by atoms with E-state index in [4.69, 9.17) is 5.73 Å². The smallest absolute Gasteiger partial charge is 0.242 e. The summed E-state index contributed by atoms with van der Waals surface area (Å²) in [5.41, 5.74) is 8.11. The monoisotopic (exact) mass is 285 g/mol. The fourth-order valence-corrected chi connectivity index (χ4v) is 3.48. The second-order valence-corrected chi connectivity index (χ2v) is 6.57. The number of aromatic nitrogens is 3. The van der Waals surface area contributed by atoms with Gasteiger partial charge in [0, 0.05) is 23.7 Å². The Kier molecular flexibility index (Phi) is 2.60. The van der Waals surface area contributed by atoms with Crippen LogP contribution in [-0.2, 0) is 11.3 Å². The van der Waals surface area contributed by atoms with Gasteiger partial charge < -0.3 is 11.1 Å². The lowest BCUT2D eigenvalue weighted by molar-refractivity contribution is -0.123. The Labute approximate surface area is 122 Å². The van der Waals surface area contributed by atoms with Crippen molar-refractivity contribution in [2.45, 2.75) is 44.8 Å². The zero-order chi connectivity index (χ0) is 14.6. The van der Waals surface area contributed by atoms with Crippen LogP contribution in [0.5, 0.6) is 0 Å². The van der Waals surface area contributed by atoms with Gasteiger partial charge in [-0.05, 0) is 43.2 Å². The molecule has 4 rings (SSSR count). The van der Waals surface area contributed by atoms with Crippen molar-refractivity contribution >= 4 is 16.9 Å². The van der Waals surface area contributed by atoms with E-state index in [2.05, 4.69) is 15.4 Å². The van der Waals surface area contributed by atoms with Crippen LogP contribution in [0.2, 0.25) is 0 Å². The fraction of sp³-hybridized carbons (Fsp3) is 0.533. The Hall–Kier alpha value is -1.95. The molecule has 2 aromatic heterocycles. The van der Waals surface area contributed by atoms with E-state index in [9.17, 15) is 4.79 Å². The van der Waals surface area contributed by atoms with Gasteiger partial charge in [0.1, 0.15) is 6.54 Å². The summed E-state index contributed by atoms with van der Waals surface area (Å²) in [6.45, 7) is 2.21. The number of fused-ring (bicyclic) bond motifs is 1. The van der Waals surface area contributed by atoms with Gasteiger partial charge in [0.05, 0.1) is 6.20 Å². The minimum Gasteiger partial charge on any atom is -0.352 e. The van der Waals surface area contributed by atoms with Gasteiger partial charge in [-0.2, -0.15) is 5.10 Å². The van der Waals surface area contributed by atoms with E-state index in [0.29, 0.717) is 11.5 Å². The molecule has 1 atom stereocenters. The highest BCUT2D eigenvalue weighted by Crippen LogP contribution is 2.59. The van der Waals surface area contributed by atoms with Crippen molar-refractivity contribution in [2.75, 3.05) is 0 Å². The number of hydrogen-bond acceptors (Lipinski definition) is 4. The van der Waals surface area contributed by atoms with Crippen LogP contribution in [0.4, 0.5) is 0 Å². The summed E-state index contributed by atoms with van der Waals surface area (Å²) in [4.78, 5) is 16.5. The highest BCUT2D eigenvalue weighted by Gasteiger charge is 2.60. The van der Waals surface area contributed by atoms with Gasteiger partial charge in [-0.15, -0.1) is 0 Å². The number of hydrogen-bond donors (Lipinski definition) is 2. The van der Waals surface area contributed by atoms with Crippen molar-refractivity contribution in [2.24, 2.45) is 11.1 Å². The van der Waals surface area contributed by atoms with Crippen molar-refractivity contribution in [1.29, 1.82) is 0 Å². The maximum Gasteiger partial charge on any atom is 0.242 e. The predicted octanol–water partition coefficient (Wildman–Crippen LogP) is 0.736. The molecule has 0 aliphatic heterocycles. The maximum absolute atomic E-state index is 12.1. The van der Waals surface area contributed by atoms with E-state index in [-0.39, 0.29) is 18.5 Å². The molecule has 1 amide bonds. The first kappa shape index (κ1) is 12.8. The van der Waals surface area contributed by atoms with Crippen LogP contribution in [0.1, 0.15) is 24.8 Å². The number of carbonyl (C=O) groups excluding carboxylic acids is 1. The van der Waals surface area contributed by atoms with Gasteiger partial charge in [-0.25, -0.2) is 9.67 Å². The van der Waals surface area contributed by atoms with E-state index in [1.54, 1.807) is 17.1 Å². The molecule has 2 aliphatic rings. The third-order valence-corrected chi connectivity index (χ3v) is 4.83. The summed E-state index contributed by atoms with van der Waals surface area (Å²) >= 11 is 0. The molecule has 2 aliphatic carbocycles. The highest BCUT2D eigenvalue weighted by molar-refractivity contribution is 5.80. The Morgan fingerprint density at radius 2 is 2.24 bits per heavy atom. The third kappa shape index (κ3) is 2.10. The summed E-state index contributed by atoms with van der Waals surface area (Å²) in [6, 6.07) is 2.66. The molecule has 2 fully saturated rings. The quantitative estimate of drug-likeness (QED) is 0.870. The van der Waals surface area contributed by atoms with E-state index in [0.717, 1.165) is 35.9 Å². The molecule has 2 aromatic rings. The lowest BCUT2D eigenvalue weighted by atomic mass is 9.76. The van der Waals surface area contributed by atoms with Crippen LogP contribution in [0.3, 0.4) is 0 Å². The van der Waals surface area contributed by atoms with Gasteiger partial charge in [0.25, 0.3) is 0 Å². The molecule has 0 saturated heterocycles. The first-order valence-corrected chi connectivity index (χ1v) is 7.39. The standard InChI is InChI=1S/C15H19N5O/c1-9-2-10-7-18-20(14(10)17-6-9)8-13(21)19-11-3-15(4-11)5-12(15)16/h2,6-7,11-12H,3-5,8,16H2,1H3,(H,19,21). The second-order valence-electron chi connectivity index (χ2n) is 6.57. The molecule has 0 aromatic carbocycles. The van der Waals surface area contributed by atoms with Crippen LogP contribution in [0.25, 0.3) is 11.0 Å². The van der Waals surface area contributed by atoms with Crippen LogP contribution in [-0.4, -0.2) is 32.8 Å². The van der Waals surface area contributed by atoms with Crippen LogP contribution in [0, 0.1) is 12.3 Å². The Bertz CT molecular complexity index is 716. The molecule has 110 valence electrons. The SMILES string of the molecule is Cc1cnc2c(cnn2CC(=O)NC2CC3(C2)CC3N)c1. The Balaban J connectivity index is 1.39. The summed E-state index contributed by atoms with van der Waals surface area (Å²) < 4.78 is 1.65. The molecule has 6 heteroatoms. The minimum atomic E-state index is -0.00329. The van der Waals surface area contributed by atoms with Crippen molar-refractivity contribution in [1.82, 2.24) is 20.1 Å². The number of amides is 1. The second kappa shape index (κ2) is 4.27. The Morgan fingerprint density at radius 1 is 1.48 bits per heavy atom. The zero-order valence-corrected chi connectivity index (χ0v) is 12.0. The molecular weight excluding hydrogens is 266 g/mol. The number of carbonyl (C=O) groups is 1. The van der Waals surface area contributed by atoms with Gasteiger partial charge >= 0.3 is 0 Å². The number of nitrogens with two attached hydrogens (primary N) is 1. The largest absolute Gasteiger partial charge is 0.352 e. The molecular formula is C15H19N5O. The van der Waals surface area contributed by atoms with Gasteiger partial charge in [0.2, 0.25) is 5.91 Å². The van der Waals surface area contributed by atoms with Crippen LogP contribution in [0.15, 0.2) is 18.5 Å². The third-order valence-electron chi connectivity index (χ3n) is 4.83. The molecule has 2 heterocycles. The number of nitrogens with zero attached hydrogens (tertiary/aromatic N) is 3. The van der Waals surface area contributed by atoms with E-state index >= 15 is 0 Å². The van der Waals surface area contributed by atoms with Crippen LogP contribution >= 0.6 is 0 Å². The summed E-state index contributed by atoms with van der Waals surface area (Å²) in [6.07, 6.45) is 6.72. The first-order chi connectivity index (χ1) is 10.1. The van der Waals surface area contributed by atoms with Crippen molar-refractivity contribution < 1.29 is 4.79 Å². The summed E-state index contributed by atoms with van der Waals surface area (Å²) in [7, 11) is 0. The normalized spacial score (nSPS) is 30.4. The Morgan fingerprint density at radius 3 is 2.95 bits per heavy atom. The molecule has 1 spiro atoms. The molecule has 3 N–H and O–H groups in total. The minimum absolute atomic E-state index is 0.00329. The maximum atomic E-state index is 12.1. The molecule has 21 heavy (non-hydrogen) atoms. The number of rotatable bonds is 3. The lowest BCUT2D eigenvalue weighted by Crippen LogP contribution is -2.48. The molecule has 0 radical (unpaired) electrons. The van der Waals surface area contributed by atoms with Gasteiger partial charge in [0.15, 0.2) is 5.65 Å². The van der Waals surface area contributed by atoms with E-state index in [1.807, 2.05) is 13.0 Å². The topological polar surface area (TPSA) is 85.8 Å². The van der Waals surface area contributed by atoms with Crippen molar-refractivity contribution in [3.05, 3.63) is 24.0 Å². The molecule has 0 bridgehead atoms. The summed E-state index contributed by atoms with van der Waals surface area (Å²) in [5, 5.41) is 8.28. The average Bonchev–Trinajstić information content (AvgIpc) is 2.90. The number of nitrogens with one attached hydrogen (secondary N) is 1. The van der Waals surface area contributed by atoms with Gasteiger partial charge in [-0.3, -0.25) is 4.79 Å². The lowest BCUT2D eigenvalue weighted by Gasteiger charge is -2.36. The van der Waals surface area contributed by atoms with Crippen molar-refractivity contribution in [3.8, 4) is 0 Å². The molecule has 2 saturated carbocycles. The molecule has 6 nitrogen and oxygen atoms in total. The first-order valence-electron chi connectivity index (χ1n) is 7.39. The van der Waals surface area contributed by atoms with Crippen LogP contribution < -0.4 is 11.1 Å². The van der Waals surface area contributed by atoms with E-state index < -0.39 is 0 Å². The zero-order valence-electron chi connectivity index (χ0n) is 12.0. The van der Waals surface area contributed by atoms with Gasteiger partial charge in [-0.1, -0.05) is 0 Å². The summed E-state index contributed by atoms with van der Waals surface area (Å²) in [5.74, 6) is -0.00329. The fourth-order valence-electron chi connectivity index (χ4n) is 3.48. The van der Waals surface area contributed by atoms with E-state index in [1.165, 1.54) is 0 Å². The average molecular weight is 285 g/mol.